The van der Waals surface area contributed by atoms with E-state index >= 15 is 0 Å². The lowest BCUT2D eigenvalue weighted by molar-refractivity contribution is 1.14. The highest BCUT2D eigenvalue weighted by molar-refractivity contribution is 5.85. The van der Waals surface area contributed by atoms with E-state index in [-0.39, 0.29) is 0 Å². The largest absolute Gasteiger partial charge is 0.0620 e. The van der Waals surface area contributed by atoms with Crippen molar-refractivity contribution in [3.8, 4) is 22.3 Å². The van der Waals surface area contributed by atoms with E-state index in [1.165, 1.54) is 27.8 Å². The van der Waals surface area contributed by atoms with E-state index in [0.717, 1.165) is 6.42 Å². The van der Waals surface area contributed by atoms with Crippen LogP contribution < -0.4 is 0 Å². The third-order valence-electron chi connectivity index (χ3n) is 3.48. The van der Waals surface area contributed by atoms with Crippen molar-refractivity contribution >= 4 is 0 Å². The lowest BCUT2D eigenvalue weighted by Crippen LogP contribution is -1.87. The lowest BCUT2D eigenvalue weighted by Gasteiger charge is -2.09. The van der Waals surface area contributed by atoms with E-state index in [9.17, 15) is 0 Å². The molecular weight excluding hydrogens is 216 g/mol. The van der Waals surface area contributed by atoms with Crippen molar-refractivity contribution in [2.45, 2.75) is 13.3 Å². The Balaban J connectivity index is 2.28. The number of benzene rings is 1. The molecule has 0 atom stereocenters. The summed E-state index contributed by atoms with van der Waals surface area (Å²) in [6.07, 6.45) is 1.07. The number of fused-ring (bicyclic) bond motifs is 1. The monoisotopic (exact) mass is 232 g/mol. The molecule has 0 unspecified atom stereocenters. The summed E-state index contributed by atoms with van der Waals surface area (Å²) < 4.78 is 0. The first-order valence-corrected chi connectivity index (χ1v) is 6.46. The van der Waals surface area contributed by atoms with Gasteiger partial charge in [0.15, 0.2) is 0 Å². The van der Waals surface area contributed by atoms with Crippen molar-refractivity contribution < 1.29 is 0 Å². The molecule has 1 aromatic carbocycles. The van der Waals surface area contributed by atoms with Crippen LogP contribution >= 0.6 is 0 Å². The maximum atomic E-state index is 2.22. The second-order valence-corrected chi connectivity index (χ2v) is 4.54. The average Bonchev–Trinajstić information content (AvgIpc) is 2.79. The molecule has 0 amide bonds. The first-order chi connectivity index (χ1) is 8.90. The van der Waals surface area contributed by atoms with Gasteiger partial charge in [-0.1, -0.05) is 73.7 Å². The summed E-state index contributed by atoms with van der Waals surface area (Å²) in [5.74, 6) is 0. The molecule has 1 aromatic rings. The summed E-state index contributed by atoms with van der Waals surface area (Å²) in [6.45, 7) is 2.21. The van der Waals surface area contributed by atoms with Gasteiger partial charge in [-0.25, -0.2) is 0 Å². The Morgan fingerprint density at radius 2 is 1.22 bits per heavy atom. The molecule has 0 saturated carbocycles. The third kappa shape index (κ3) is 1.80. The Morgan fingerprint density at radius 3 is 2.06 bits per heavy atom. The van der Waals surface area contributed by atoms with E-state index in [2.05, 4.69) is 73.7 Å². The van der Waals surface area contributed by atoms with Crippen LogP contribution in [-0.2, 0) is 6.42 Å². The van der Waals surface area contributed by atoms with Crippen LogP contribution in [0, 0.1) is 0 Å². The molecule has 0 spiro atoms. The minimum absolute atomic E-state index is 1.07. The van der Waals surface area contributed by atoms with Crippen molar-refractivity contribution in [2.24, 2.45) is 0 Å². The van der Waals surface area contributed by atoms with E-state index in [0.29, 0.717) is 0 Å². The summed E-state index contributed by atoms with van der Waals surface area (Å²) in [6, 6.07) is 23.8. The highest BCUT2D eigenvalue weighted by Gasteiger charge is 2.10. The second kappa shape index (κ2) is 4.66. The Labute approximate surface area is 108 Å². The van der Waals surface area contributed by atoms with Gasteiger partial charge in [-0.15, -0.1) is 0 Å². The van der Waals surface area contributed by atoms with Gasteiger partial charge in [0, 0.05) is 0 Å². The van der Waals surface area contributed by atoms with E-state index in [1.807, 2.05) is 0 Å². The lowest BCUT2D eigenvalue weighted by atomic mass is 9.95. The molecule has 0 heteroatoms. The normalized spacial score (nSPS) is 10.7. The van der Waals surface area contributed by atoms with Crippen molar-refractivity contribution in [1.82, 2.24) is 0 Å². The molecule has 0 saturated heterocycles. The van der Waals surface area contributed by atoms with Gasteiger partial charge in [0.2, 0.25) is 0 Å². The highest BCUT2D eigenvalue weighted by atomic mass is 14.1. The quantitative estimate of drug-likeness (QED) is 0.582. The average molecular weight is 232 g/mol. The topological polar surface area (TPSA) is 0 Å². The third-order valence-corrected chi connectivity index (χ3v) is 3.48. The molecule has 2 aliphatic carbocycles. The van der Waals surface area contributed by atoms with Crippen LogP contribution in [0.2, 0.25) is 0 Å². The van der Waals surface area contributed by atoms with Gasteiger partial charge in [-0.05, 0) is 34.2 Å². The first-order valence-electron chi connectivity index (χ1n) is 6.46. The van der Waals surface area contributed by atoms with E-state index < -0.39 is 0 Å². The van der Waals surface area contributed by atoms with Crippen molar-refractivity contribution in [2.75, 3.05) is 0 Å². The van der Waals surface area contributed by atoms with Gasteiger partial charge >= 0.3 is 0 Å². The fourth-order valence-corrected chi connectivity index (χ4v) is 2.55. The van der Waals surface area contributed by atoms with Crippen molar-refractivity contribution in [3.05, 3.63) is 72.3 Å². The van der Waals surface area contributed by atoms with E-state index in [4.69, 9.17) is 0 Å². The van der Waals surface area contributed by atoms with Crippen LogP contribution in [0.5, 0.6) is 0 Å². The molecule has 0 heterocycles. The summed E-state index contributed by atoms with van der Waals surface area (Å²) >= 11 is 0. The predicted molar refractivity (Wildman–Crippen MR) is 77.9 cm³/mol. The molecule has 0 nitrogen and oxygen atoms in total. The van der Waals surface area contributed by atoms with Crippen LogP contribution in [-0.4, -0.2) is 0 Å². The standard InChI is InChI=1S/C18H16/c1-2-14-8-3-5-11-16(14)18-12-6-4-9-15-10-7-13-17(15)18/h3-13H,2H2,1H3. The fourth-order valence-electron chi connectivity index (χ4n) is 2.55. The van der Waals surface area contributed by atoms with E-state index in [1.54, 1.807) is 0 Å². The van der Waals surface area contributed by atoms with Crippen LogP contribution in [0.25, 0.3) is 22.3 Å². The SMILES string of the molecule is CCc1ccccc1-c1ccccc2cccc1-2. The Hall–Kier alpha value is -2.08. The van der Waals surface area contributed by atoms with Crippen LogP contribution in [0.4, 0.5) is 0 Å². The van der Waals surface area contributed by atoms with Gasteiger partial charge in [-0.3, -0.25) is 0 Å². The summed E-state index contributed by atoms with van der Waals surface area (Å²) in [7, 11) is 0. The molecule has 0 bridgehead atoms. The maximum Gasteiger partial charge on any atom is -0.0103 e. The molecule has 0 aromatic heterocycles. The van der Waals surface area contributed by atoms with Crippen LogP contribution in [0.15, 0.2) is 66.7 Å². The Bertz CT molecular complexity index is 637. The molecule has 0 fully saturated rings. The minimum Gasteiger partial charge on any atom is -0.0620 e. The number of hydrogen-bond donors (Lipinski definition) is 0. The molecule has 0 aliphatic heterocycles. The van der Waals surface area contributed by atoms with Gasteiger partial charge in [0.25, 0.3) is 0 Å². The molecule has 18 heavy (non-hydrogen) atoms. The molecular formula is C18H16. The maximum absolute atomic E-state index is 2.22. The smallest absolute Gasteiger partial charge is 0.0103 e. The molecule has 2 aliphatic rings. The van der Waals surface area contributed by atoms with Crippen LogP contribution in [0.3, 0.4) is 0 Å². The molecule has 88 valence electrons. The molecule has 0 radical (unpaired) electrons. The summed E-state index contributed by atoms with van der Waals surface area (Å²) in [5, 5.41) is 0. The zero-order chi connectivity index (χ0) is 12.4. The highest BCUT2D eigenvalue weighted by Crippen LogP contribution is 2.34. The number of aryl methyl sites for hydroxylation is 1. The fraction of sp³-hybridized carbons (Fsp3) is 0.111. The van der Waals surface area contributed by atoms with Crippen molar-refractivity contribution in [1.29, 1.82) is 0 Å². The van der Waals surface area contributed by atoms with Gasteiger partial charge in [0.05, 0.1) is 0 Å². The zero-order valence-corrected chi connectivity index (χ0v) is 10.6. The van der Waals surface area contributed by atoms with Gasteiger partial charge < -0.3 is 0 Å². The number of rotatable bonds is 2. The van der Waals surface area contributed by atoms with Crippen molar-refractivity contribution in [3.63, 3.8) is 0 Å². The first kappa shape index (κ1) is 11.0. The molecule has 3 rings (SSSR count). The van der Waals surface area contributed by atoms with Crippen LogP contribution in [0.1, 0.15) is 12.5 Å². The van der Waals surface area contributed by atoms with Gasteiger partial charge in [0.1, 0.15) is 0 Å². The predicted octanol–water partition coefficient (Wildman–Crippen LogP) is 5.02. The zero-order valence-electron chi connectivity index (χ0n) is 10.6. The Kier molecular flexibility index (Phi) is 2.85. The van der Waals surface area contributed by atoms with Gasteiger partial charge in [-0.2, -0.15) is 0 Å². The number of hydrogen-bond acceptors (Lipinski definition) is 0. The summed E-state index contributed by atoms with van der Waals surface area (Å²) in [4.78, 5) is 0. The second-order valence-electron chi connectivity index (χ2n) is 4.54. The Morgan fingerprint density at radius 1 is 0.611 bits per heavy atom. The molecule has 0 N–H and O–H groups in total. The minimum atomic E-state index is 1.07. The summed E-state index contributed by atoms with van der Waals surface area (Å²) in [5.41, 5.74) is 6.73.